The molecule has 7 heteroatoms. The van der Waals surface area contributed by atoms with Crippen LogP contribution in [0.25, 0.3) is 0 Å². The third-order valence-corrected chi connectivity index (χ3v) is 5.59. The summed E-state index contributed by atoms with van der Waals surface area (Å²) >= 11 is 0. The molecule has 1 fully saturated rings. The van der Waals surface area contributed by atoms with Gasteiger partial charge in [-0.1, -0.05) is 12.1 Å². The lowest BCUT2D eigenvalue weighted by atomic mass is 9.82. The van der Waals surface area contributed by atoms with E-state index in [1.807, 2.05) is 0 Å². The maximum absolute atomic E-state index is 14.5. The Morgan fingerprint density at radius 3 is 2.10 bits per heavy atom. The third-order valence-electron chi connectivity index (χ3n) is 5.59. The zero-order chi connectivity index (χ0) is 21.7. The van der Waals surface area contributed by atoms with Gasteiger partial charge in [0.05, 0.1) is 26.4 Å². The van der Waals surface area contributed by atoms with Crippen LogP contribution in [0.3, 0.4) is 0 Å². The standard InChI is InChI=1S/C23H26F4O3/c1-3-29-12-15-6-10-18(22(26)20(15)24)14-4-8-17(9-5-14)30-13-16-7-11-19(28-2)23(27)21(16)25/h6-7,10-11,14,17H,3-5,8-9,12-13H2,1-2H3. The lowest BCUT2D eigenvalue weighted by Crippen LogP contribution is -2.22. The van der Waals surface area contributed by atoms with Gasteiger partial charge in [0.2, 0.25) is 5.82 Å². The van der Waals surface area contributed by atoms with Crippen molar-refractivity contribution in [1.82, 2.24) is 0 Å². The van der Waals surface area contributed by atoms with Crippen LogP contribution in [-0.4, -0.2) is 19.8 Å². The van der Waals surface area contributed by atoms with Crippen LogP contribution < -0.4 is 4.74 Å². The van der Waals surface area contributed by atoms with Crippen molar-refractivity contribution < 1.29 is 31.8 Å². The molecule has 3 nitrogen and oxygen atoms in total. The molecule has 1 aliphatic carbocycles. The van der Waals surface area contributed by atoms with Crippen LogP contribution in [0, 0.1) is 23.3 Å². The minimum atomic E-state index is -1.03. The molecule has 0 unspecified atom stereocenters. The van der Waals surface area contributed by atoms with Crippen molar-refractivity contribution in [2.75, 3.05) is 13.7 Å². The highest BCUT2D eigenvalue weighted by atomic mass is 19.2. The largest absolute Gasteiger partial charge is 0.494 e. The fraction of sp³-hybridized carbons (Fsp3) is 0.478. The minimum absolute atomic E-state index is 0.0443. The smallest absolute Gasteiger partial charge is 0.200 e. The van der Waals surface area contributed by atoms with Crippen molar-refractivity contribution in [3.05, 3.63) is 64.2 Å². The van der Waals surface area contributed by atoms with Gasteiger partial charge in [-0.25, -0.2) is 13.2 Å². The summed E-state index contributed by atoms with van der Waals surface area (Å²) in [6.07, 6.45) is 2.38. The minimum Gasteiger partial charge on any atom is -0.494 e. The van der Waals surface area contributed by atoms with Crippen LogP contribution in [0.5, 0.6) is 5.75 Å². The Kier molecular flexibility index (Phi) is 7.72. The fourth-order valence-corrected chi connectivity index (χ4v) is 3.83. The van der Waals surface area contributed by atoms with Crippen molar-refractivity contribution in [2.45, 2.75) is 57.8 Å². The maximum atomic E-state index is 14.5. The van der Waals surface area contributed by atoms with Gasteiger partial charge in [-0.3, -0.25) is 0 Å². The highest BCUT2D eigenvalue weighted by Crippen LogP contribution is 2.37. The molecule has 0 atom stereocenters. The van der Waals surface area contributed by atoms with Crippen LogP contribution in [0.4, 0.5) is 17.6 Å². The monoisotopic (exact) mass is 426 g/mol. The molecule has 1 saturated carbocycles. The molecule has 1 aliphatic rings. The van der Waals surface area contributed by atoms with Crippen LogP contribution >= 0.6 is 0 Å². The van der Waals surface area contributed by atoms with Gasteiger partial charge >= 0.3 is 0 Å². The molecule has 0 heterocycles. The predicted octanol–water partition coefficient (Wildman–Crippen LogP) is 6.03. The summed E-state index contributed by atoms with van der Waals surface area (Å²) in [7, 11) is 1.27. The zero-order valence-electron chi connectivity index (χ0n) is 17.2. The van der Waals surface area contributed by atoms with Gasteiger partial charge in [-0.15, -0.1) is 0 Å². The van der Waals surface area contributed by atoms with Crippen molar-refractivity contribution in [1.29, 1.82) is 0 Å². The second-order valence-electron chi connectivity index (χ2n) is 7.42. The van der Waals surface area contributed by atoms with E-state index in [-0.39, 0.29) is 42.1 Å². The Morgan fingerprint density at radius 1 is 0.800 bits per heavy atom. The number of hydrogen-bond donors (Lipinski definition) is 0. The molecule has 0 N–H and O–H groups in total. The van der Waals surface area contributed by atoms with Gasteiger partial charge < -0.3 is 14.2 Å². The lowest BCUT2D eigenvalue weighted by molar-refractivity contribution is 0.0116. The Hall–Kier alpha value is -2.12. The molecule has 0 spiro atoms. The van der Waals surface area contributed by atoms with Gasteiger partial charge in [-0.2, -0.15) is 4.39 Å². The molecule has 0 aromatic heterocycles. The topological polar surface area (TPSA) is 27.7 Å². The number of ether oxygens (including phenoxy) is 3. The van der Waals surface area contributed by atoms with E-state index < -0.39 is 23.3 Å². The zero-order valence-corrected chi connectivity index (χ0v) is 17.2. The summed E-state index contributed by atoms with van der Waals surface area (Å²) in [5, 5.41) is 0. The molecule has 0 saturated heterocycles. The van der Waals surface area contributed by atoms with E-state index in [1.54, 1.807) is 19.1 Å². The quantitative estimate of drug-likeness (QED) is 0.483. The third kappa shape index (κ3) is 4.95. The van der Waals surface area contributed by atoms with Crippen molar-refractivity contribution in [2.24, 2.45) is 0 Å². The first kappa shape index (κ1) is 22.6. The SMILES string of the molecule is CCOCc1ccc(C2CCC(OCc3ccc(OC)c(F)c3F)CC2)c(F)c1F. The Labute approximate surface area is 173 Å². The highest BCUT2D eigenvalue weighted by molar-refractivity contribution is 5.31. The lowest BCUT2D eigenvalue weighted by Gasteiger charge is -2.29. The van der Waals surface area contributed by atoms with Gasteiger partial charge in [0.25, 0.3) is 0 Å². The van der Waals surface area contributed by atoms with E-state index in [1.165, 1.54) is 19.2 Å². The first-order valence-corrected chi connectivity index (χ1v) is 10.1. The van der Waals surface area contributed by atoms with E-state index in [0.717, 1.165) is 0 Å². The summed E-state index contributed by atoms with van der Waals surface area (Å²) in [5.74, 6) is -3.93. The Morgan fingerprint density at radius 2 is 1.43 bits per heavy atom. The molecular formula is C23H26F4O3. The van der Waals surface area contributed by atoms with E-state index in [0.29, 0.717) is 37.9 Å². The van der Waals surface area contributed by atoms with Crippen molar-refractivity contribution in [3.8, 4) is 5.75 Å². The number of methoxy groups -OCH3 is 1. The first-order valence-electron chi connectivity index (χ1n) is 10.1. The molecule has 0 radical (unpaired) electrons. The molecule has 30 heavy (non-hydrogen) atoms. The molecule has 3 rings (SSSR count). The first-order chi connectivity index (χ1) is 14.5. The second-order valence-corrected chi connectivity index (χ2v) is 7.42. The van der Waals surface area contributed by atoms with Gasteiger partial charge in [0, 0.05) is 17.7 Å². The number of benzene rings is 2. The van der Waals surface area contributed by atoms with Gasteiger partial charge in [0.15, 0.2) is 23.2 Å². The predicted molar refractivity (Wildman–Crippen MR) is 104 cm³/mol. The van der Waals surface area contributed by atoms with Crippen LogP contribution in [-0.2, 0) is 22.7 Å². The highest BCUT2D eigenvalue weighted by Gasteiger charge is 2.27. The number of rotatable bonds is 8. The van der Waals surface area contributed by atoms with Crippen LogP contribution in [0.15, 0.2) is 24.3 Å². The normalized spacial score (nSPS) is 19.1. The van der Waals surface area contributed by atoms with Crippen LogP contribution in [0.1, 0.15) is 55.2 Å². The summed E-state index contributed by atoms with van der Waals surface area (Å²) in [6, 6.07) is 6.01. The molecule has 164 valence electrons. The van der Waals surface area contributed by atoms with E-state index in [2.05, 4.69) is 0 Å². The summed E-state index contributed by atoms with van der Waals surface area (Å²) < 4.78 is 72.4. The molecule has 2 aromatic carbocycles. The fourth-order valence-electron chi connectivity index (χ4n) is 3.83. The van der Waals surface area contributed by atoms with E-state index in [4.69, 9.17) is 14.2 Å². The maximum Gasteiger partial charge on any atom is 0.200 e. The van der Waals surface area contributed by atoms with Crippen molar-refractivity contribution >= 4 is 0 Å². The van der Waals surface area contributed by atoms with E-state index >= 15 is 0 Å². The van der Waals surface area contributed by atoms with Gasteiger partial charge in [0.1, 0.15) is 0 Å². The average molecular weight is 426 g/mol. The molecule has 0 aliphatic heterocycles. The molecule has 0 bridgehead atoms. The van der Waals surface area contributed by atoms with Crippen molar-refractivity contribution in [3.63, 3.8) is 0 Å². The molecular weight excluding hydrogens is 400 g/mol. The molecule has 2 aromatic rings. The summed E-state index contributed by atoms with van der Waals surface area (Å²) in [4.78, 5) is 0. The van der Waals surface area contributed by atoms with E-state index in [9.17, 15) is 17.6 Å². The summed E-state index contributed by atoms with van der Waals surface area (Å²) in [6.45, 7) is 2.21. The number of hydrogen-bond acceptors (Lipinski definition) is 3. The second kappa shape index (κ2) is 10.3. The number of halogens is 4. The Bertz CT molecular complexity index is 864. The Balaban J connectivity index is 1.57. The van der Waals surface area contributed by atoms with Gasteiger partial charge in [-0.05, 0) is 56.2 Å². The summed E-state index contributed by atoms with van der Waals surface area (Å²) in [5.41, 5.74) is 0.701. The average Bonchev–Trinajstić information content (AvgIpc) is 2.76. The van der Waals surface area contributed by atoms with Crippen LogP contribution in [0.2, 0.25) is 0 Å². The molecule has 0 amide bonds.